The Morgan fingerprint density at radius 3 is 2.52 bits per heavy atom. The normalized spacial score (nSPS) is 16.5. The number of amides is 1. The number of anilines is 2. The van der Waals surface area contributed by atoms with Gasteiger partial charge in [0.1, 0.15) is 5.82 Å². The van der Waals surface area contributed by atoms with Gasteiger partial charge in [-0.2, -0.15) is 0 Å². The van der Waals surface area contributed by atoms with Crippen LogP contribution in [0.5, 0.6) is 0 Å². The van der Waals surface area contributed by atoms with E-state index >= 15 is 0 Å². The predicted octanol–water partition coefficient (Wildman–Crippen LogP) is 2.32. The maximum Gasteiger partial charge on any atom is 0.282 e. The van der Waals surface area contributed by atoms with Gasteiger partial charge in [-0.15, -0.1) is 0 Å². The largest absolute Gasteiger partial charge is 0.360 e. The van der Waals surface area contributed by atoms with Crippen molar-refractivity contribution < 1.29 is 14.1 Å². The Bertz CT molecular complexity index is 733. The molecule has 25 heavy (non-hydrogen) atoms. The summed E-state index contributed by atoms with van der Waals surface area (Å²) in [5.41, 5.74) is 1.44. The molecular weight excluding hydrogens is 385 g/mol. The van der Waals surface area contributed by atoms with Crippen molar-refractivity contribution in [1.29, 1.82) is 0 Å². The number of halogens is 2. The van der Waals surface area contributed by atoms with Crippen molar-refractivity contribution in [2.24, 2.45) is 0 Å². The minimum absolute atomic E-state index is 0.149. The zero-order valence-corrected chi connectivity index (χ0v) is 15.7. The molecule has 1 heterocycles. The molecule has 1 saturated heterocycles. The zero-order valence-electron chi connectivity index (χ0n) is 14.1. The van der Waals surface area contributed by atoms with E-state index in [0.29, 0.717) is 4.47 Å². The first-order valence-corrected chi connectivity index (χ1v) is 9.24. The van der Waals surface area contributed by atoms with E-state index in [1.54, 1.807) is 12.1 Å². The van der Waals surface area contributed by atoms with Crippen molar-refractivity contribution in [1.82, 2.24) is 0 Å². The highest BCUT2D eigenvalue weighted by atomic mass is 79.9. The van der Waals surface area contributed by atoms with Crippen LogP contribution in [-0.2, 0) is 4.79 Å². The highest BCUT2D eigenvalue weighted by Gasteiger charge is 2.29. The van der Waals surface area contributed by atoms with Crippen LogP contribution in [0, 0.1) is 5.82 Å². The number of hydrogen-bond donors (Lipinski definition) is 2. The number of benzene rings is 2. The molecule has 0 unspecified atom stereocenters. The minimum Gasteiger partial charge on any atom is -0.360 e. The molecule has 1 amide bonds. The van der Waals surface area contributed by atoms with Crippen molar-refractivity contribution in [3.63, 3.8) is 0 Å². The van der Waals surface area contributed by atoms with Crippen LogP contribution in [0.1, 0.15) is 6.92 Å². The predicted molar refractivity (Wildman–Crippen MR) is 102 cm³/mol. The van der Waals surface area contributed by atoms with Gasteiger partial charge in [-0.05, 0) is 37.3 Å². The van der Waals surface area contributed by atoms with E-state index in [1.165, 1.54) is 16.7 Å². The molecule has 4 nitrogen and oxygen atoms in total. The van der Waals surface area contributed by atoms with Crippen molar-refractivity contribution in [3.8, 4) is 0 Å². The van der Waals surface area contributed by atoms with E-state index < -0.39 is 5.82 Å². The van der Waals surface area contributed by atoms with Crippen molar-refractivity contribution in [3.05, 3.63) is 58.8 Å². The summed E-state index contributed by atoms with van der Waals surface area (Å²) in [6, 6.07) is 14.7. The Hall–Kier alpha value is -1.92. The number of nitrogens with one attached hydrogen (secondary N) is 2. The van der Waals surface area contributed by atoms with Gasteiger partial charge in [0.25, 0.3) is 5.91 Å². The first-order chi connectivity index (χ1) is 12.0. The number of nitrogens with zero attached hydrogens (tertiary/aromatic N) is 1. The van der Waals surface area contributed by atoms with Crippen LogP contribution in [-0.4, -0.2) is 38.1 Å². The second-order valence-electron chi connectivity index (χ2n) is 6.32. The zero-order chi connectivity index (χ0) is 17.8. The lowest BCUT2D eigenvalue weighted by atomic mass is 10.2. The fourth-order valence-electron chi connectivity index (χ4n) is 3.14. The summed E-state index contributed by atoms with van der Waals surface area (Å²) in [6.07, 6.45) is 0. The smallest absolute Gasteiger partial charge is 0.282 e. The SMILES string of the molecule is C[C@@H](C(=O)Nc1ccc(Br)cc1F)[NH+]1CCN(c2ccccc2)CC1. The molecule has 2 N–H and O–H groups in total. The summed E-state index contributed by atoms with van der Waals surface area (Å²) in [5, 5.41) is 2.71. The number of quaternary nitrogens is 1. The highest BCUT2D eigenvalue weighted by molar-refractivity contribution is 9.10. The Balaban J connectivity index is 1.56. The van der Waals surface area contributed by atoms with Gasteiger partial charge >= 0.3 is 0 Å². The number of para-hydroxylation sites is 1. The molecule has 1 aliphatic heterocycles. The molecule has 1 aliphatic rings. The molecule has 0 saturated carbocycles. The van der Waals surface area contributed by atoms with Crippen LogP contribution in [0.2, 0.25) is 0 Å². The lowest BCUT2D eigenvalue weighted by Crippen LogP contribution is -3.19. The average molecular weight is 407 g/mol. The van der Waals surface area contributed by atoms with Gasteiger partial charge in [-0.25, -0.2) is 4.39 Å². The fraction of sp³-hybridized carbons (Fsp3) is 0.316. The molecule has 6 heteroatoms. The first kappa shape index (κ1) is 17.9. The Labute approximate surface area is 155 Å². The quantitative estimate of drug-likeness (QED) is 0.817. The number of carbonyl (C=O) groups is 1. The van der Waals surface area contributed by atoms with Crippen LogP contribution in [0.3, 0.4) is 0 Å². The van der Waals surface area contributed by atoms with Crippen molar-refractivity contribution in [2.45, 2.75) is 13.0 Å². The molecule has 0 aliphatic carbocycles. The van der Waals surface area contributed by atoms with E-state index in [4.69, 9.17) is 0 Å². The lowest BCUT2D eigenvalue weighted by Gasteiger charge is -2.36. The van der Waals surface area contributed by atoms with Crippen LogP contribution in [0.4, 0.5) is 15.8 Å². The van der Waals surface area contributed by atoms with E-state index in [2.05, 4.69) is 38.3 Å². The van der Waals surface area contributed by atoms with Crippen molar-refractivity contribution >= 4 is 33.2 Å². The van der Waals surface area contributed by atoms with Gasteiger partial charge < -0.3 is 15.1 Å². The molecule has 1 atom stereocenters. The number of hydrogen-bond acceptors (Lipinski definition) is 2. The third-order valence-corrected chi connectivity index (χ3v) is 5.21. The molecule has 0 bridgehead atoms. The van der Waals surface area contributed by atoms with Crippen LogP contribution >= 0.6 is 15.9 Å². The average Bonchev–Trinajstić information content (AvgIpc) is 2.64. The van der Waals surface area contributed by atoms with Gasteiger partial charge in [0, 0.05) is 10.2 Å². The minimum atomic E-state index is -0.432. The molecule has 2 aromatic carbocycles. The lowest BCUT2D eigenvalue weighted by molar-refractivity contribution is -0.914. The standard InChI is InChI=1S/C19H21BrFN3O/c1-14(19(25)22-18-8-7-15(20)13-17(18)21)23-9-11-24(12-10-23)16-5-3-2-4-6-16/h2-8,13-14H,9-12H2,1H3,(H,22,25)/p+1/t14-/m0/s1. The maximum atomic E-state index is 13.9. The number of carbonyl (C=O) groups excluding carboxylic acids is 1. The van der Waals surface area contributed by atoms with Gasteiger partial charge in [0.05, 0.1) is 31.9 Å². The van der Waals surface area contributed by atoms with Gasteiger partial charge in [-0.3, -0.25) is 4.79 Å². The van der Waals surface area contributed by atoms with Crippen LogP contribution < -0.4 is 15.1 Å². The molecule has 2 aromatic rings. The molecule has 1 fully saturated rings. The molecule has 132 valence electrons. The molecule has 3 rings (SSSR count). The molecule has 0 aromatic heterocycles. The summed E-state index contributed by atoms with van der Waals surface area (Å²) in [5.74, 6) is -0.580. The summed E-state index contributed by atoms with van der Waals surface area (Å²) >= 11 is 3.22. The van der Waals surface area contributed by atoms with E-state index in [1.807, 2.05) is 25.1 Å². The Kier molecular flexibility index (Phi) is 5.71. The Morgan fingerprint density at radius 2 is 1.88 bits per heavy atom. The first-order valence-electron chi connectivity index (χ1n) is 8.45. The summed E-state index contributed by atoms with van der Waals surface area (Å²) in [7, 11) is 0. The van der Waals surface area contributed by atoms with Gasteiger partial charge in [0.2, 0.25) is 0 Å². The van der Waals surface area contributed by atoms with Crippen molar-refractivity contribution in [2.75, 3.05) is 36.4 Å². The molecular formula is C19H22BrFN3O+. The fourth-order valence-corrected chi connectivity index (χ4v) is 3.47. The molecule has 0 radical (unpaired) electrons. The second-order valence-corrected chi connectivity index (χ2v) is 7.23. The number of piperazine rings is 1. The monoisotopic (exact) mass is 406 g/mol. The van der Waals surface area contributed by atoms with E-state index in [0.717, 1.165) is 26.2 Å². The molecule has 0 spiro atoms. The van der Waals surface area contributed by atoms with Crippen LogP contribution in [0.15, 0.2) is 53.0 Å². The van der Waals surface area contributed by atoms with E-state index in [9.17, 15) is 9.18 Å². The van der Waals surface area contributed by atoms with Gasteiger partial charge in [-0.1, -0.05) is 34.1 Å². The Morgan fingerprint density at radius 1 is 1.20 bits per heavy atom. The highest BCUT2D eigenvalue weighted by Crippen LogP contribution is 2.19. The summed E-state index contributed by atoms with van der Waals surface area (Å²) in [6.45, 7) is 5.48. The van der Waals surface area contributed by atoms with E-state index in [-0.39, 0.29) is 17.6 Å². The third-order valence-electron chi connectivity index (χ3n) is 4.72. The summed E-state index contributed by atoms with van der Waals surface area (Å²) < 4.78 is 14.5. The van der Waals surface area contributed by atoms with Crippen LogP contribution in [0.25, 0.3) is 0 Å². The maximum absolute atomic E-state index is 13.9. The van der Waals surface area contributed by atoms with Gasteiger partial charge in [0.15, 0.2) is 6.04 Å². The second kappa shape index (κ2) is 7.97. The number of rotatable bonds is 4. The topological polar surface area (TPSA) is 36.8 Å². The third kappa shape index (κ3) is 4.38. The summed E-state index contributed by atoms with van der Waals surface area (Å²) in [4.78, 5) is 16.0.